The third-order valence-electron chi connectivity index (χ3n) is 4.88. The zero-order chi connectivity index (χ0) is 18.6. The first-order chi connectivity index (χ1) is 13.2. The van der Waals surface area contributed by atoms with Crippen molar-refractivity contribution in [1.82, 2.24) is 20.1 Å². The molecule has 27 heavy (non-hydrogen) atoms. The van der Waals surface area contributed by atoms with Crippen molar-refractivity contribution < 1.29 is 4.79 Å². The van der Waals surface area contributed by atoms with E-state index in [0.717, 1.165) is 41.8 Å². The Kier molecular flexibility index (Phi) is 4.74. The van der Waals surface area contributed by atoms with Gasteiger partial charge < -0.3 is 16.0 Å². The molecule has 2 amide bonds. The molecule has 0 saturated carbocycles. The Bertz CT molecular complexity index is 923. The minimum absolute atomic E-state index is 0.0608. The molecule has 4 rings (SSSR count). The van der Waals surface area contributed by atoms with Crippen LogP contribution in [0.5, 0.6) is 0 Å². The minimum Gasteiger partial charge on any atom is -0.384 e. The number of nitrogens with one attached hydrogen (secondary N) is 2. The predicted molar refractivity (Wildman–Crippen MR) is 105 cm³/mol. The van der Waals surface area contributed by atoms with E-state index in [1.807, 2.05) is 47.4 Å². The first-order valence-corrected chi connectivity index (χ1v) is 9.10. The number of amides is 2. The highest BCUT2D eigenvalue weighted by Gasteiger charge is 2.31. The van der Waals surface area contributed by atoms with Crippen molar-refractivity contribution in [1.29, 1.82) is 0 Å². The minimum atomic E-state index is -0.0966. The number of carbonyl (C=O) groups is 1. The molecule has 0 unspecified atom stereocenters. The molecule has 1 saturated heterocycles. The molecule has 0 spiro atoms. The van der Waals surface area contributed by atoms with Gasteiger partial charge in [-0.15, -0.1) is 0 Å². The Labute approximate surface area is 157 Å². The average molecular weight is 362 g/mol. The van der Waals surface area contributed by atoms with E-state index in [4.69, 9.17) is 5.73 Å². The van der Waals surface area contributed by atoms with Crippen LogP contribution in [0, 0.1) is 0 Å². The molecule has 0 aliphatic carbocycles. The first-order valence-electron chi connectivity index (χ1n) is 9.10. The van der Waals surface area contributed by atoms with Crippen molar-refractivity contribution in [2.75, 3.05) is 17.6 Å². The van der Waals surface area contributed by atoms with Crippen LogP contribution in [-0.2, 0) is 0 Å². The summed E-state index contributed by atoms with van der Waals surface area (Å²) in [7, 11) is 0. The molecule has 0 bridgehead atoms. The summed E-state index contributed by atoms with van der Waals surface area (Å²) in [6, 6.07) is 13.1. The SMILES string of the molecule is Nc1cc(-c2cn[nH]c2[C@H]2CCCCN2C(=O)Nc2ccccc2)ccn1. The number of likely N-dealkylation sites (tertiary alicyclic amines) is 1. The molecule has 138 valence electrons. The van der Waals surface area contributed by atoms with E-state index in [2.05, 4.69) is 20.5 Å². The number of H-pyrrole nitrogens is 1. The third-order valence-corrected chi connectivity index (χ3v) is 4.88. The van der Waals surface area contributed by atoms with Crippen LogP contribution < -0.4 is 11.1 Å². The van der Waals surface area contributed by atoms with E-state index in [1.54, 1.807) is 12.4 Å². The lowest BCUT2D eigenvalue weighted by Crippen LogP contribution is -2.41. The number of nitrogens with zero attached hydrogens (tertiary/aromatic N) is 3. The summed E-state index contributed by atoms with van der Waals surface area (Å²) in [5.41, 5.74) is 9.46. The number of rotatable bonds is 3. The molecule has 3 heterocycles. The summed E-state index contributed by atoms with van der Waals surface area (Å²) >= 11 is 0. The zero-order valence-corrected chi connectivity index (χ0v) is 14.9. The number of nitrogen functional groups attached to an aromatic ring is 1. The summed E-state index contributed by atoms with van der Waals surface area (Å²) in [5, 5.41) is 10.3. The number of benzene rings is 1. The van der Waals surface area contributed by atoms with Crippen molar-refractivity contribution in [2.24, 2.45) is 0 Å². The summed E-state index contributed by atoms with van der Waals surface area (Å²) in [4.78, 5) is 18.9. The molecule has 1 atom stereocenters. The fourth-order valence-corrected chi connectivity index (χ4v) is 3.59. The fourth-order valence-electron chi connectivity index (χ4n) is 3.59. The smallest absolute Gasteiger partial charge is 0.322 e. The van der Waals surface area contributed by atoms with Gasteiger partial charge >= 0.3 is 6.03 Å². The number of nitrogens with two attached hydrogens (primary N) is 1. The fraction of sp³-hybridized carbons (Fsp3) is 0.250. The number of piperidine rings is 1. The number of carbonyl (C=O) groups excluding carboxylic acids is 1. The lowest BCUT2D eigenvalue weighted by Gasteiger charge is -2.35. The highest BCUT2D eigenvalue weighted by atomic mass is 16.2. The Morgan fingerprint density at radius 1 is 1.22 bits per heavy atom. The standard InChI is InChI=1S/C20H22N6O/c21-18-12-14(9-10-22-18)16-13-23-25-19(16)17-8-4-5-11-26(17)20(27)24-15-6-2-1-3-7-15/h1-3,6-7,9-10,12-13,17H,4-5,8,11H2,(H2,21,22)(H,23,25)(H,24,27)/t17-/m1/s1. The predicted octanol–water partition coefficient (Wildman–Crippen LogP) is 3.81. The van der Waals surface area contributed by atoms with Crippen molar-refractivity contribution in [3.05, 3.63) is 60.6 Å². The van der Waals surface area contributed by atoms with Gasteiger partial charge in [-0.1, -0.05) is 18.2 Å². The van der Waals surface area contributed by atoms with Crippen molar-refractivity contribution in [3.63, 3.8) is 0 Å². The van der Waals surface area contributed by atoms with Gasteiger partial charge in [-0.05, 0) is 49.1 Å². The molecular formula is C20H22N6O. The van der Waals surface area contributed by atoms with E-state index in [-0.39, 0.29) is 12.1 Å². The Hall–Kier alpha value is -3.35. The Morgan fingerprint density at radius 3 is 2.89 bits per heavy atom. The first kappa shape index (κ1) is 17.1. The van der Waals surface area contributed by atoms with Crippen LogP contribution in [0.2, 0.25) is 0 Å². The van der Waals surface area contributed by atoms with E-state index >= 15 is 0 Å². The van der Waals surface area contributed by atoms with Gasteiger partial charge in [0.15, 0.2) is 0 Å². The van der Waals surface area contributed by atoms with E-state index < -0.39 is 0 Å². The molecule has 0 radical (unpaired) electrons. The number of anilines is 2. The second kappa shape index (κ2) is 7.49. The summed E-state index contributed by atoms with van der Waals surface area (Å²) in [6.07, 6.45) is 6.41. The molecule has 2 aromatic heterocycles. The van der Waals surface area contributed by atoms with Gasteiger partial charge in [-0.2, -0.15) is 5.10 Å². The van der Waals surface area contributed by atoms with Gasteiger partial charge in [-0.25, -0.2) is 9.78 Å². The van der Waals surface area contributed by atoms with Crippen LogP contribution in [0.1, 0.15) is 31.0 Å². The molecular weight excluding hydrogens is 340 g/mol. The molecule has 1 aliphatic heterocycles. The number of urea groups is 1. The molecule has 7 nitrogen and oxygen atoms in total. The van der Waals surface area contributed by atoms with Gasteiger partial charge in [0.1, 0.15) is 5.82 Å². The van der Waals surface area contributed by atoms with Crippen molar-refractivity contribution >= 4 is 17.5 Å². The lowest BCUT2D eigenvalue weighted by molar-refractivity contribution is 0.162. The van der Waals surface area contributed by atoms with Crippen molar-refractivity contribution in [2.45, 2.75) is 25.3 Å². The quantitative estimate of drug-likeness (QED) is 0.659. The van der Waals surface area contributed by atoms with E-state index in [0.29, 0.717) is 12.4 Å². The van der Waals surface area contributed by atoms with E-state index in [9.17, 15) is 4.79 Å². The van der Waals surface area contributed by atoms with Gasteiger partial charge in [0.05, 0.1) is 17.9 Å². The number of aromatic amines is 1. The maximum atomic E-state index is 12.9. The summed E-state index contributed by atoms with van der Waals surface area (Å²) < 4.78 is 0. The number of hydrogen-bond donors (Lipinski definition) is 3. The van der Waals surface area contributed by atoms with Crippen LogP contribution in [0.4, 0.5) is 16.3 Å². The molecule has 1 aromatic carbocycles. The number of pyridine rings is 1. The number of para-hydroxylation sites is 1. The second-order valence-electron chi connectivity index (χ2n) is 6.67. The van der Waals surface area contributed by atoms with Crippen LogP contribution in [0.3, 0.4) is 0 Å². The number of aromatic nitrogens is 3. The largest absolute Gasteiger partial charge is 0.384 e. The highest BCUT2D eigenvalue weighted by molar-refractivity contribution is 5.89. The summed E-state index contributed by atoms with van der Waals surface area (Å²) in [5.74, 6) is 0.460. The zero-order valence-electron chi connectivity index (χ0n) is 14.9. The Balaban J connectivity index is 1.62. The average Bonchev–Trinajstić information content (AvgIpc) is 3.18. The second-order valence-corrected chi connectivity index (χ2v) is 6.67. The third kappa shape index (κ3) is 3.62. The highest BCUT2D eigenvalue weighted by Crippen LogP contribution is 2.36. The van der Waals surface area contributed by atoms with Gasteiger partial charge in [0, 0.05) is 24.0 Å². The molecule has 3 aromatic rings. The van der Waals surface area contributed by atoms with Gasteiger partial charge in [0.25, 0.3) is 0 Å². The monoisotopic (exact) mass is 362 g/mol. The molecule has 1 fully saturated rings. The van der Waals surface area contributed by atoms with Gasteiger partial charge in [-0.3, -0.25) is 5.10 Å². The lowest BCUT2D eigenvalue weighted by atomic mass is 9.95. The van der Waals surface area contributed by atoms with Crippen LogP contribution in [0.25, 0.3) is 11.1 Å². The van der Waals surface area contributed by atoms with E-state index in [1.165, 1.54) is 0 Å². The summed E-state index contributed by atoms with van der Waals surface area (Å²) in [6.45, 7) is 0.709. The topological polar surface area (TPSA) is 99.9 Å². The maximum absolute atomic E-state index is 12.9. The maximum Gasteiger partial charge on any atom is 0.322 e. The van der Waals surface area contributed by atoms with Crippen LogP contribution in [0.15, 0.2) is 54.9 Å². The van der Waals surface area contributed by atoms with Gasteiger partial charge in [0.2, 0.25) is 0 Å². The molecule has 1 aliphatic rings. The van der Waals surface area contributed by atoms with Crippen LogP contribution in [-0.4, -0.2) is 32.7 Å². The molecule has 7 heteroatoms. The number of hydrogen-bond acceptors (Lipinski definition) is 4. The molecule has 4 N–H and O–H groups in total. The van der Waals surface area contributed by atoms with Crippen LogP contribution >= 0.6 is 0 Å². The Morgan fingerprint density at radius 2 is 2.07 bits per heavy atom. The normalized spacial score (nSPS) is 16.9. The van der Waals surface area contributed by atoms with Crippen molar-refractivity contribution in [3.8, 4) is 11.1 Å².